The van der Waals surface area contributed by atoms with Crippen LogP contribution in [-0.2, 0) is 29.3 Å². The van der Waals surface area contributed by atoms with Crippen LogP contribution in [0.2, 0.25) is 0 Å². The van der Waals surface area contributed by atoms with E-state index in [1.54, 1.807) is 0 Å². The van der Waals surface area contributed by atoms with Gasteiger partial charge in [0.15, 0.2) is 9.84 Å². The molecule has 24 heavy (non-hydrogen) atoms. The molecule has 0 spiro atoms. The van der Waals surface area contributed by atoms with Gasteiger partial charge in [0.05, 0.1) is 18.1 Å². The van der Waals surface area contributed by atoms with Crippen LogP contribution in [0.1, 0.15) is 36.1 Å². The molecule has 2 aromatic rings. The smallest absolute Gasteiger partial charge is 0.153 e. The van der Waals surface area contributed by atoms with Gasteiger partial charge in [0, 0.05) is 25.6 Å². The van der Waals surface area contributed by atoms with E-state index in [1.807, 2.05) is 30.3 Å². The molecule has 2 aliphatic rings. The summed E-state index contributed by atoms with van der Waals surface area (Å²) in [4.78, 5) is 2.24. The van der Waals surface area contributed by atoms with Crippen molar-refractivity contribution in [2.75, 3.05) is 18.1 Å². The largest absolute Gasteiger partial charge is 0.314 e. The van der Waals surface area contributed by atoms with Crippen LogP contribution in [0, 0.1) is 0 Å². The van der Waals surface area contributed by atoms with Gasteiger partial charge >= 0.3 is 0 Å². The van der Waals surface area contributed by atoms with Gasteiger partial charge in [-0.2, -0.15) is 0 Å². The van der Waals surface area contributed by atoms with Gasteiger partial charge in [0.25, 0.3) is 0 Å². The summed E-state index contributed by atoms with van der Waals surface area (Å²) in [6.45, 7) is 2.17. The third-order valence-corrected chi connectivity index (χ3v) is 6.64. The van der Waals surface area contributed by atoms with Gasteiger partial charge in [-0.25, -0.2) is 8.42 Å². The molecule has 0 saturated carbocycles. The Balaban J connectivity index is 1.62. The van der Waals surface area contributed by atoms with Crippen molar-refractivity contribution in [2.45, 2.75) is 38.4 Å². The first kappa shape index (κ1) is 15.8. The molecule has 1 unspecified atom stereocenters. The number of aryl methyl sites for hydroxylation is 1. The fourth-order valence-electron chi connectivity index (χ4n) is 3.68. The van der Waals surface area contributed by atoms with Gasteiger partial charge in [0.1, 0.15) is 11.6 Å². The van der Waals surface area contributed by atoms with E-state index in [4.69, 9.17) is 0 Å². The van der Waals surface area contributed by atoms with Crippen LogP contribution < -0.4 is 0 Å². The number of benzene rings is 1. The van der Waals surface area contributed by atoms with Crippen molar-refractivity contribution in [3.8, 4) is 0 Å². The molecule has 0 aliphatic carbocycles. The summed E-state index contributed by atoms with van der Waals surface area (Å²) in [6.07, 6.45) is 3.32. The molecule has 0 N–H and O–H groups in total. The summed E-state index contributed by atoms with van der Waals surface area (Å²) in [6, 6.07) is 9.80. The zero-order valence-corrected chi connectivity index (χ0v) is 14.5. The average Bonchev–Trinajstić information content (AvgIpc) is 3.00. The number of rotatable bonds is 3. The molecule has 7 heteroatoms. The molecule has 1 fully saturated rings. The Morgan fingerprint density at radius 1 is 1.08 bits per heavy atom. The maximum atomic E-state index is 12.2. The minimum Gasteiger partial charge on any atom is -0.314 e. The third kappa shape index (κ3) is 3.10. The van der Waals surface area contributed by atoms with Crippen molar-refractivity contribution in [3.05, 3.63) is 47.5 Å². The predicted molar refractivity (Wildman–Crippen MR) is 91.2 cm³/mol. The fraction of sp³-hybridized carbons (Fsp3) is 0.529. The average molecular weight is 346 g/mol. The highest BCUT2D eigenvalue weighted by atomic mass is 32.2. The summed E-state index contributed by atoms with van der Waals surface area (Å²) in [7, 11) is -2.99. The monoisotopic (exact) mass is 346 g/mol. The van der Waals surface area contributed by atoms with E-state index < -0.39 is 9.84 Å². The van der Waals surface area contributed by atoms with E-state index >= 15 is 0 Å². The lowest BCUT2D eigenvalue weighted by molar-refractivity contribution is 0.197. The zero-order chi connectivity index (χ0) is 16.6. The quantitative estimate of drug-likeness (QED) is 0.844. The number of aromatic nitrogens is 3. The predicted octanol–water partition coefficient (Wildman–Crippen LogP) is 1.59. The highest BCUT2D eigenvalue weighted by Crippen LogP contribution is 2.28. The highest BCUT2D eigenvalue weighted by molar-refractivity contribution is 7.91. The Hall–Kier alpha value is -1.73. The van der Waals surface area contributed by atoms with Gasteiger partial charge in [-0.15, -0.1) is 10.2 Å². The van der Waals surface area contributed by atoms with Crippen LogP contribution in [0.3, 0.4) is 0 Å². The van der Waals surface area contributed by atoms with Crippen molar-refractivity contribution in [3.63, 3.8) is 0 Å². The number of fused-ring (bicyclic) bond motifs is 1. The van der Waals surface area contributed by atoms with Crippen molar-refractivity contribution < 1.29 is 8.42 Å². The van der Waals surface area contributed by atoms with Gasteiger partial charge in [0.2, 0.25) is 0 Å². The molecule has 1 aromatic carbocycles. The molecule has 3 heterocycles. The van der Waals surface area contributed by atoms with E-state index in [2.05, 4.69) is 19.7 Å². The SMILES string of the molecule is O=S1(=O)CCN(Cc2nnc3n2CCCC3)C(c2ccccc2)C1. The molecule has 0 bridgehead atoms. The van der Waals surface area contributed by atoms with E-state index in [9.17, 15) is 8.42 Å². The Labute approximate surface area is 142 Å². The molecule has 0 radical (unpaired) electrons. The third-order valence-electron chi connectivity index (χ3n) is 5.01. The van der Waals surface area contributed by atoms with Crippen LogP contribution >= 0.6 is 0 Å². The molecule has 1 atom stereocenters. The normalized spacial score (nSPS) is 23.8. The minimum absolute atomic E-state index is 0.110. The Bertz CT molecular complexity index is 816. The topological polar surface area (TPSA) is 68.1 Å². The second-order valence-corrected chi connectivity index (χ2v) is 8.88. The molecule has 1 aromatic heterocycles. The second kappa shape index (κ2) is 6.29. The summed E-state index contributed by atoms with van der Waals surface area (Å²) in [5.41, 5.74) is 1.05. The summed E-state index contributed by atoms with van der Waals surface area (Å²) in [5.74, 6) is 2.43. The van der Waals surface area contributed by atoms with Crippen LogP contribution in [0.4, 0.5) is 0 Å². The van der Waals surface area contributed by atoms with Gasteiger partial charge < -0.3 is 4.57 Å². The molecular formula is C17H22N4O2S. The summed E-state index contributed by atoms with van der Waals surface area (Å²) in [5, 5.41) is 8.69. The van der Waals surface area contributed by atoms with Crippen LogP contribution in [0.5, 0.6) is 0 Å². The van der Waals surface area contributed by atoms with Crippen molar-refractivity contribution in [1.29, 1.82) is 0 Å². The Morgan fingerprint density at radius 2 is 1.92 bits per heavy atom. The van der Waals surface area contributed by atoms with Gasteiger partial charge in [-0.05, 0) is 18.4 Å². The first-order chi connectivity index (χ1) is 11.6. The Kier molecular flexibility index (Phi) is 4.14. The van der Waals surface area contributed by atoms with E-state index in [-0.39, 0.29) is 17.5 Å². The van der Waals surface area contributed by atoms with E-state index in [1.165, 1.54) is 6.42 Å². The first-order valence-corrected chi connectivity index (χ1v) is 10.3. The molecule has 4 rings (SSSR count). The molecule has 0 amide bonds. The van der Waals surface area contributed by atoms with Crippen LogP contribution in [0.25, 0.3) is 0 Å². The maximum absolute atomic E-state index is 12.2. The summed E-state index contributed by atoms with van der Waals surface area (Å²) < 4.78 is 26.5. The molecule has 1 saturated heterocycles. The molecule has 2 aliphatic heterocycles. The summed E-state index contributed by atoms with van der Waals surface area (Å²) >= 11 is 0. The second-order valence-electron chi connectivity index (χ2n) is 6.65. The zero-order valence-electron chi connectivity index (χ0n) is 13.6. The molecule has 128 valence electrons. The molecular weight excluding hydrogens is 324 g/mol. The van der Waals surface area contributed by atoms with Gasteiger partial charge in [-0.3, -0.25) is 4.90 Å². The van der Waals surface area contributed by atoms with Gasteiger partial charge in [-0.1, -0.05) is 30.3 Å². The fourth-order valence-corrected chi connectivity index (χ4v) is 5.24. The van der Waals surface area contributed by atoms with E-state index in [0.717, 1.165) is 36.6 Å². The lowest BCUT2D eigenvalue weighted by Gasteiger charge is -2.35. The first-order valence-electron chi connectivity index (χ1n) is 8.53. The number of sulfone groups is 1. The number of nitrogens with zero attached hydrogens (tertiary/aromatic N) is 4. The lowest BCUT2D eigenvalue weighted by atomic mass is 10.1. The minimum atomic E-state index is -2.99. The standard InChI is InChI=1S/C17H22N4O2S/c22-24(23)11-10-20(15(13-24)14-6-2-1-3-7-14)12-17-19-18-16-8-4-5-9-21(16)17/h1-3,6-7,15H,4-5,8-13H2. The van der Waals surface area contributed by atoms with Crippen LogP contribution in [-0.4, -0.2) is 46.1 Å². The lowest BCUT2D eigenvalue weighted by Crippen LogP contribution is -2.43. The van der Waals surface area contributed by atoms with E-state index in [0.29, 0.717) is 13.1 Å². The Morgan fingerprint density at radius 3 is 2.75 bits per heavy atom. The molecule has 6 nitrogen and oxygen atoms in total. The van der Waals surface area contributed by atoms with Crippen molar-refractivity contribution in [1.82, 2.24) is 19.7 Å². The van der Waals surface area contributed by atoms with Crippen LogP contribution in [0.15, 0.2) is 30.3 Å². The van der Waals surface area contributed by atoms with Crippen molar-refractivity contribution >= 4 is 9.84 Å². The number of hydrogen-bond donors (Lipinski definition) is 0. The van der Waals surface area contributed by atoms with Crippen molar-refractivity contribution in [2.24, 2.45) is 0 Å². The highest BCUT2D eigenvalue weighted by Gasteiger charge is 2.33. The maximum Gasteiger partial charge on any atom is 0.153 e. The number of hydrogen-bond acceptors (Lipinski definition) is 5.